The summed E-state index contributed by atoms with van der Waals surface area (Å²) in [6, 6.07) is 22.5. The summed E-state index contributed by atoms with van der Waals surface area (Å²) in [7, 11) is 0. The molecule has 28 heavy (non-hydrogen) atoms. The summed E-state index contributed by atoms with van der Waals surface area (Å²) in [5, 5.41) is 2.64. The van der Waals surface area contributed by atoms with E-state index in [9.17, 15) is 0 Å². The molecule has 144 valence electrons. The maximum absolute atomic E-state index is 4.38. The molecular weight excluding hydrogens is 338 g/mol. The predicted octanol–water partition coefficient (Wildman–Crippen LogP) is 7.13. The Morgan fingerprint density at radius 2 is 1.64 bits per heavy atom. The van der Waals surface area contributed by atoms with Crippen molar-refractivity contribution in [3.8, 4) is 0 Å². The van der Waals surface area contributed by atoms with Crippen LogP contribution < -0.4 is 4.90 Å². The van der Waals surface area contributed by atoms with E-state index in [0.29, 0.717) is 0 Å². The van der Waals surface area contributed by atoms with Crippen LogP contribution in [0.2, 0.25) is 0 Å². The molecule has 1 heterocycles. The van der Waals surface area contributed by atoms with E-state index in [0.717, 1.165) is 18.9 Å². The number of fused-ring (bicyclic) bond motifs is 2. The van der Waals surface area contributed by atoms with Gasteiger partial charge in [0.1, 0.15) is 0 Å². The van der Waals surface area contributed by atoms with Crippen molar-refractivity contribution in [3.05, 3.63) is 89.6 Å². The van der Waals surface area contributed by atoms with E-state index < -0.39 is 0 Å². The second-order valence-electron chi connectivity index (χ2n) is 7.84. The fourth-order valence-corrected chi connectivity index (χ4v) is 4.28. The Morgan fingerprint density at radius 1 is 0.929 bits per heavy atom. The third-order valence-corrected chi connectivity index (χ3v) is 5.88. The smallest absolute Gasteiger partial charge is 0.0440 e. The molecule has 1 nitrogen and oxygen atoms in total. The Bertz CT molecular complexity index is 980. The van der Waals surface area contributed by atoms with Gasteiger partial charge < -0.3 is 4.90 Å². The SMILES string of the molecule is C=C(C1CC1)N1CCCc2cc(Cc3ccc4ccccc4c3)ccc21.CC. The van der Waals surface area contributed by atoms with Gasteiger partial charge in [-0.25, -0.2) is 0 Å². The molecule has 0 N–H and O–H groups in total. The number of nitrogens with zero attached hydrogens (tertiary/aromatic N) is 1. The zero-order valence-electron chi connectivity index (χ0n) is 17.2. The number of benzene rings is 3. The molecular formula is C27H31N. The van der Waals surface area contributed by atoms with Crippen molar-refractivity contribution in [2.75, 3.05) is 11.4 Å². The first-order valence-electron chi connectivity index (χ1n) is 10.8. The van der Waals surface area contributed by atoms with Gasteiger partial charge in [0.05, 0.1) is 0 Å². The lowest BCUT2D eigenvalue weighted by atomic mass is 9.95. The molecule has 0 atom stereocenters. The molecule has 0 saturated heterocycles. The maximum atomic E-state index is 4.38. The molecule has 0 unspecified atom stereocenters. The maximum Gasteiger partial charge on any atom is 0.0440 e. The number of anilines is 1. The second kappa shape index (κ2) is 8.22. The van der Waals surface area contributed by atoms with Crippen molar-refractivity contribution in [2.45, 2.75) is 46.0 Å². The molecule has 0 aromatic heterocycles. The number of hydrogen-bond donors (Lipinski definition) is 0. The Kier molecular flexibility index (Phi) is 5.52. The molecule has 1 heteroatoms. The van der Waals surface area contributed by atoms with E-state index in [2.05, 4.69) is 72.1 Å². The lowest BCUT2D eigenvalue weighted by molar-refractivity contribution is 0.718. The first kappa shape index (κ1) is 18.8. The number of allylic oxidation sites excluding steroid dienone is 1. The van der Waals surface area contributed by atoms with Gasteiger partial charge in [0.15, 0.2) is 0 Å². The molecule has 2 aliphatic rings. The van der Waals surface area contributed by atoms with Crippen LogP contribution in [0.4, 0.5) is 5.69 Å². The van der Waals surface area contributed by atoms with Crippen molar-refractivity contribution < 1.29 is 0 Å². The van der Waals surface area contributed by atoms with E-state index in [-0.39, 0.29) is 0 Å². The van der Waals surface area contributed by atoms with E-state index in [1.807, 2.05) is 13.8 Å². The molecule has 3 aromatic carbocycles. The predicted molar refractivity (Wildman–Crippen MR) is 122 cm³/mol. The van der Waals surface area contributed by atoms with Gasteiger partial charge in [-0.3, -0.25) is 0 Å². The molecule has 0 radical (unpaired) electrons. The van der Waals surface area contributed by atoms with Crippen molar-refractivity contribution in [1.82, 2.24) is 0 Å². The number of aryl methyl sites for hydroxylation is 1. The molecule has 1 aliphatic heterocycles. The van der Waals surface area contributed by atoms with Crippen LogP contribution in [0.3, 0.4) is 0 Å². The standard InChI is InChI=1S/C25H25N.C2H6/c1-18(21-11-12-21)26-14-4-7-24-17-20(9-13-25(24)26)15-19-8-10-22-5-2-3-6-23(22)16-19;1-2/h2-3,5-6,8-10,13,16-17,21H,1,4,7,11-12,14-15H2;1-2H3. The van der Waals surface area contributed by atoms with Gasteiger partial charge in [-0.1, -0.05) is 75.0 Å². The molecule has 1 fully saturated rings. The molecule has 3 aromatic rings. The van der Waals surface area contributed by atoms with Crippen molar-refractivity contribution in [1.29, 1.82) is 0 Å². The minimum absolute atomic E-state index is 0.734. The van der Waals surface area contributed by atoms with Crippen LogP contribution in [0.1, 0.15) is 49.8 Å². The van der Waals surface area contributed by atoms with Crippen molar-refractivity contribution in [2.24, 2.45) is 5.92 Å². The van der Waals surface area contributed by atoms with E-state index >= 15 is 0 Å². The fourth-order valence-electron chi connectivity index (χ4n) is 4.28. The van der Waals surface area contributed by atoms with Crippen LogP contribution in [0.15, 0.2) is 72.9 Å². The van der Waals surface area contributed by atoms with Gasteiger partial charge in [0, 0.05) is 17.9 Å². The quantitative estimate of drug-likeness (QED) is 0.472. The Morgan fingerprint density at radius 3 is 2.43 bits per heavy atom. The van der Waals surface area contributed by atoms with Gasteiger partial charge in [-0.2, -0.15) is 0 Å². The molecule has 0 bridgehead atoms. The highest BCUT2D eigenvalue weighted by Crippen LogP contribution is 2.41. The Labute approximate surface area is 169 Å². The number of rotatable bonds is 4. The largest absolute Gasteiger partial charge is 0.345 e. The normalized spacial score (nSPS) is 15.6. The average Bonchev–Trinajstić information content (AvgIpc) is 3.59. The Balaban J connectivity index is 0.000000932. The molecule has 0 amide bonds. The third kappa shape index (κ3) is 3.85. The second-order valence-corrected chi connectivity index (χ2v) is 7.84. The monoisotopic (exact) mass is 369 g/mol. The van der Waals surface area contributed by atoms with Crippen LogP contribution in [-0.2, 0) is 12.8 Å². The van der Waals surface area contributed by atoms with Crippen molar-refractivity contribution >= 4 is 16.5 Å². The Hall–Kier alpha value is -2.54. The highest BCUT2D eigenvalue weighted by molar-refractivity contribution is 5.83. The van der Waals surface area contributed by atoms with Crippen molar-refractivity contribution in [3.63, 3.8) is 0 Å². The summed E-state index contributed by atoms with van der Waals surface area (Å²) in [6.07, 6.45) is 6.07. The summed E-state index contributed by atoms with van der Waals surface area (Å²) >= 11 is 0. The van der Waals surface area contributed by atoms with Crippen LogP contribution in [0.25, 0.3) is 10.8 Å². The molecule has 0 spiro atoms. The summed E-state index contributed by atoms with van der Waals surface area (Å²) in [4.78, 5) is 2.48. The zero-order chi connectivity index (χ0) is 19.5. The lowest BCUT2D eigenvalue weighted by Gasteiger charge is -2.33. The van der Waals surface area contributed by atoms with Gasteiger partial charge in [-0.05, 0) is 71.6 Å². The minimum Gasteiger partial charge on any atom is -0.345 e. The summed E-state index contributed by atoms with van der Waals surface area (Å²) < 4.78 is 0. The summed E-state index contributed by atoms with van der Waals surface area (Å²) in [5.41, 5.74) is 7.04. The van der Waals surface area contributed by atoms with Crippen LogP contribution in [-0.4, -0.2) is 6.54 Å². The molecule has 1 aliphatic carbocycles. The molecule has 1 saturated carbocycles. The van der Waals surface area contributed by atoms with Gasteiger partial charge >= 0.3 is 0 Å². The third-order valence-electron chi connectivity index (χ3n) is 5.88. The van der Waals surface area contributed by atoms with Crippen LogP contribution in [0, 0.1) is 5.92 Å². The fraction of sp³-hybridized carbons (Fsp3) is 0.333. The average molecular weight is 370 g/mol. The topological polar surface area (TPSA) is 3.24 Å². The minimum atomic E-state index is 0.734. The van der Waals surface area contributed by atoms with Crippen LogP contribution >= 0.6 is 0 Å². The summed E-state index contributed by atoms with van der Waals surface area (Å²) in [6.45, 7) is 9.52. The van der Waals surface area contributed by atoms with E-state index in [1.54, 1.807) is 0 Å². The van der Waals surface area contributed by atoms with Gasteiger partial charge in [0.2, 0.25) is 0 Å². The lowest BCUT2D eigenvalue weighted by Crippen LogP contribution is -2.29. The van der Waals surface area contributed by atoms with Gasteiger partial charge in [0.25, 0.3) is 0 Å². The van der Waals surface area contributed by atoms with Crippen LogP contribution in [0.5, 0.6) is 0 Å². The highest BCUT2D eigenvalue weighted by Gasteiger charge is 2.30. The first-order chi connectivity index (χ1) is 13.8. The van der Waals surface area contributed by atoms with Gasteiger partial charge in [-0.15, -0.1) is 0 Å². The highest BCUT2D eigenvalue weighted by atomic mass is 15.2. The zero-order valence-corrected chi connectivity index (χ0v) is 17.2. The number of hydrogen-bond acceptors (Lipinski definition) is 1. The molecule has 5 rings (SSSR count). The summed E-state index contributed by atoms with van der Waals surface area (Å²) in [5.74, 6) is 0.734. The first-order valence-corrected chi connectivity index (χ1v) is 10.8. The van der Waals surface area contributed by atoms with E-state index in [4.69, 9.17) is 0 Å². The van der Waals surface area contributed by atoms with E-state index in [1.165, 1.54) is 64.5 Å².